The Morgan fingerprint density at radius 3 is 1.64 bits per heavy atom. The summed E-state index contributed by atoms with van der Waals surface area (Å²) >= 11 is 0. The molecule has 0 aliphatic heterocycles. The van der Waals surface area contributed by atoms with Gasteiger partial charge in [0.05, 0.1) is 6.04 Å². The highest BCUT2D eigenvalue weighted by Crippen LogP contribution is 2.51. The standard InChI is InChI=1S/C17H22NO3P/c1-14(22(19,20-2)21-3)18-17(15-10-6-4-7-11-15)16-12-8-5-9-13-16/h4-14,17-18H,1-3H3. The molecule has 0 fully saturated rings. The van der Waals surface area contributed by atoms with Crippen molar-refractivity contribution in [3.05, 3.63) is 71.8 Å². The first-order chi connectivity index (χ1) is 10.6. The monoisotopic (exact) mass is 319 g/mol. The van der Waals surface area contributed by atoms with E-state index in [1.807, 2.05) is 67.6 Å². The van der Waals surface area contributed by atoms with Gasteiger partial charge < -0.3 is 9.05 Å². The van der Waals surface area contributed by atoms with Gasteiger partial charge in [0.25, 0.3) is 0 Å². The Morgan fingerprint density at radius 2 is 1.27 bits per heavy atom. The van der Waals surface area contributed by atoms with Crippen LogP contribution in [-0.4, -0.2) is 20.0 Å². The Hall–Kier alpha value is -1.45. The second kappa shape index (κ2) is 7.70. The summed E-state index contributed by atoms with van der Waals surface area (Å²) in [5.41, 5.74) is 2.19. The van der Waals surface area contributed by atoms with E-state index in [4.69, 9.17) is 9.05 Å². The maximum Gasteiger partial charge on any atom is 0.346 e. The molecule has 0 heterocycles. The van der Waals surface area contributed by atoms with Gasteiger partial charge in [-0.3, -0.25) is 9.88 Å². The number of nitrogens with one attached hydrogen (secondary N) is 1. The Kier molecular flexibility index (Phi) is 5.92. The van der Waals surface area contributed by atoms with Crippen molar-refractivity contribution in [1.29, 1.82) is 0 Å². The molecule has 0 spiro atoms. The Morgan fingerprint density at radius 1 is 0.864 bits per heavy atom. The first kappa shape index (κ1) is 16.9. The van der Waals surface area contributed by atoms with E-state index in [0.717, 1.165) is 11.1 Å². The van der Waals surface area contributed by atoms with Crippen LogP contribution in [0.5, 0.6) is 0 Å². The van der Waals surface area contributed by atoms with Crippen LogP contribution in [0.2, 0.25) is 0 Å². The first-order valence-corrected chi connectivity index (χ1v) is 8.79. The molecule has 1 atom stereocenters. The molecule has 118 valence electrons. The molecule has 0 amide bonds. The van der Waals surface area contributed by atoms with Crippen LogP contribution in [0.4, 0.5) is 0 Å². The topological polar surface area (TPSA) is 47.6 Å². The molecule has 0 saturated carbocycles. The van der Waals surface area contributed by atoms with Crippen LogP contribution in [0.3, 0.4) is 0 Å². The molecule has 5 heteroatoms. The average Bonchev–Trinajstić information content (AvgIpc) is 2.60. The van der Waals surface area contributed by atoms with Crippen molar-refractivity contribution >= 4 is 7.60 Å². The second-order valence-corrected chi connectivity index (χ2v) is 7.59. The van der Waals surface area contributed by atoms with E-state index in [2.05, 4.69) is 5.32 Å². The van der Waals surface area contributed by atoms with E-state index in [1.165, 1.54) is 14.2 Å². The molecule has 0 bridgehead atoms. The minimum absolute atomic E-state index is 0.0870. The summed E-state index contributed by atoms with van der Waals surface area (Å²) in [5, 5.41) is 3.38. The van der Waals surface area contributed by atoms with Gasteiger partial charge in [-0.05, 0) is 18.1 Å². The largest absolute Gasteiger partial charge is 0.346 e. The smallest absolute Gasteiger partial charge is 0.311 e. The second-order valence-electron chi connectivity index (χ2n) is 5.00. The lowest BCUT2D eigenvalue weighted by molar-refractivity contribution is 0.259. The minimum Gasteiger partial charge on any atom is -0.311 e. The van der Waals surface area contributed by atoms with E-state index in [0.29, 0.717) is 0 Å². The summed E-state index contributed by atoms with van der Waals surface area (Å²) < 4.78 is 22.7. The van der Waals surface area contributed by atoms with Crippen LogP contribution in [0.1, 0.15) is 24.1 Å². The fourth-order valence-electron chi connectivity index (χ4n) is 2.40. The van der Waals surface area contributed by atoms with Gasteiger partial charge in [-0.25, -0.2) is 0 Å². The van der Waals surface area contributed by atoms with Crippen LogP contribution in [-0.2, 0) is 13.6 Å². The zero-order valence-corrected chi connectivity index (χ0v) is 14.0. The third-order valence-electron chi connectivity index (χ3n) is 3.66. The highest BCUT2D eigenvalue weighted by molar-refractivity contribution is 7.54. The van der Waals surface area contributed by atoms with Gasteiger partial charge in [0, 0.05) is 14.2 Å². The molecule has 2 rings (SSSR count). The van der Waals surface area contributed by atoms with Crippen molar-refractivity contribution in [3.8, 4) is 0 Å². The summed E-state index contributed by atoms with van der Waals surface area (Å²) in [6.45, 7) is 1.81. The molecule has 0 aromatic heterocycles. The normalized spacial score (nSPS) is 13.3. The highest BCUT2D eigenvalue weighted by Gasteiger charge is 2.32. The summed E-state index contributed by atoms with van der Waals surface area (Å²) in [7, 11) is -0.368. The Bertz CT molecular complexity index is 571. The zero-order valence-electron chi connectivity index (χ0n) is 13.1. The fourth-order valence-corrected chi connectivity index (χ4v) is 3.51. The SMILES string of the molecule is COP(=O)(OC)C(C)NC(c1ccccc1)c1ccccc1. The van der Waals surface area contributed by atoms with Crippen LogP contribution < -0.4 is 5.32 Å². The number of hydrogen-bond acceptors (Lipinski definition) is 4. The fraction of sp³-hybridized carbons (Fsp3) is 0.294. The molecule has 4 nitrogen and oxygen atoms in total. The van der Waals surface area contributed by atoms with E-state index in [1.54, 1.807) is 0 Å². The highest BCUT2D eigenvalue weighted by atomic mass is 31.2. The number of hydrogen-bond donors (Lipinski definition) is 1. The predicted octanol–water partition coefficient (Wildman–Crippen LogP) is 4.20. The van der Waals surface area contributed by atoms with Gasteiger partial charge in [0.1, 0.15) is 5.78 Å². The number of benzene rings is 2. The summed E-state index contributed by atoms with van der Waals surface area (Å²) in [5.74, 6) is -0.437. The molecular weight excluding hydrogens is 297 g/mol. The van der Waals surface area contributed by atoms with Gasteiger partial charge in [-0.2, -0.15) is 0 Å². The molecule has 1 unspecified atom stereocenters. The van der Waals surface area contributed by atoms with Crippen molar-refractivity contribution in [3.63, 3.8) is 0 Å². The van der Waals surface area contributed by atoms with Crippen molar-refractivity contribution in [2.75, 3.05) is 14.2 Å². The molecule has 0 saturated heterocycles. The van der Waals surface area contributed by atoms with Gasteiger partial charge in [0.15, 0.2) is 0 Å². The maximum absolute atomic E-state index is 12.5. The minimum atomic E-state index is -3.18. The van der Waals surface area contributed by atoms with Crippen LogP contribution in [0.25, 0.3) is 0 Å². The van der Waals surface area contributed by atoms with Crippen molar-refractivity contribution < 1.29 is 13.6 Å². The third-order valence-corrected chi connectivity index (χ3v) is 5.77. The number of rotatable bonds is 7. The van der Waals surface area contributed by atoms with Crippen LogP contribution >= 0.6 is 7.60 Å². The van der Waals surface area contributed by atoms with Crippen molar-refractivity contribution in [2.24, 2.45) is 0 Å². The van der Waals surface area contributed by atoms with E-state index in [-0.39, 0.29) is 6.04 Å². The molecule has 0 radical (unpaired) electrons. The van der Waals surface area contributed by atoms with Gasteiger partial charge in [-0.15, -0.1) is 0 Å². The van der Waals surface area contributed by atoms with E-state index < -0.39 is 13.4 Å². The molecule has 0 aliphatic rings. The molecule has 22 heavy (non-hydrogen) atoms. The predicted molar refractivity (Wildman–Crippen MR) is 88.9 cm³/mol. The Balaban J connectivity index is 2.32. The lowest BCUT2D eigenvalue weighted by Crippen LogP contribution is -2.32. The Labute approximate surface area is 132 Å². The maximum atomic E-state index is 12.5. The quantitative estimate of drug-likeness (QED) is 0.777. The van der Waals surface area contributed by atoms with Gasteiger partial charge in [0.2, 0.25) is 0 Å². The van der Waals surface area contributed by atoms with E-state index >= 15 is 0 Å². The van der Waals surface area contributed by atoms with Gasteiger partial charge >= 0.3 is 7.60 Å². The third kappa shape index (κ3) is 3.84. The summed E-state index contributed by atoms with van der Waals surface area (Å²) in [6.07, 6.45) is 0. The van der Waals surface area contributed by atoms with Crippen LogP contribution in [0.15, 0.2) is 60.7 Å². The first-order valence-electron chi connectivity index (χ1n) is 7.18. The van der Waals surface area contributed by atoms with Crippen LogP contribution in [0, 0.1) is 0 Å². The summed E-state index contributed by atoms with van der Waals surface area (Å²) in [4.78, 5) is 0. The molecular formula is C17H22NO3P. The van der Waals surface area contributed by atoms with Crippen molar-refractivity contribution in [1.82, 2.24) is 5.32 Å². The van der Waals surface area contributed by atoms with Gasteiger partial charge in [-0.1, -0.05) is 60.7 Å². The van der Waals surface area contributed by atoms with Crippen molar-refractivity contribution in [2.45, 2.75) is 18.7 Å². The molecule has 1 N–H and O–H groups in total. The lowest BCUT2D eigenvalue weighted by Gasteiger charge is -2.28. The van der Waals surface area contributed by atoms with E-state index in [9.17, 15) is 4.57 Å². The molecule has 2 aromatic carbocycles. The summed E-state index contributed by atoms with van der Waals surface area (Å²) in [6, 6.07) is 20.0. The zero-order chi connectivity index (χ0) is 16.0. The average molecular weight is 319 g/mol. The molecule has 0 aliphatic carbocycles. The lowest BCUT2D eigenvalue weighted by atomic mass is 9.99. The molecule has 2 aromatic rings.